The number of hydrogen-bond acceptors (Lipinski definition) is 3. The summed E-state index contributed by atoms with van der Waals surface area (Å²) in [6.45, 7) is 0.910. The van der Waals surface area contributed by atoms with E-state index in [2.05, 4.69) is 17.9 Å². The first-order valence-corrected chi connectivity index (χ1v) is 6.32. The Balaban J connectivity index is 2.18. The molecule has 1 aromatic carbocycles. The molecule has 2 N–H and O–H groups in total. The van der Waals surface area contributed by atoms with Crippen LogP contribution >= 0.6 is 12.6 Å². The van der Waals surface area contributed by atoms with Crippen molar-refractivity contribution in [2.45, 2.75) is 30.6 Å². The second kappa shape index (κ2) is 8.14. The van der Waals surface area contributed by atoms with Gasteiger partial charge in [0.2, 0.25) is 5.91 Å². The maximum Gasteiger partial charge on any atom is 0.224 e. The second-order valence-corrected chi connectivity index (χ2v) is 4.49. The molecule has 0 spiro atoms. The quantitative estimate of drug-likeness (QED) is 0.512. The lowest BCUT2D eigenvalue weighted by Crippen LogP contribution is -2.26. The Morgan fingerprint density at radius 1 is 1.18 bits per heavy atom. The van der Waals surface area contributed by atoms with Crippen molar-refractivity contribution in [3.63, 3.8) is 0 Å². The summed E-state index contributed by atoms with van der Waals surface area (Å²) in [5, 5.41) is 11.5. The predicted molar refractivity (Wildman–Crippen MR) is 71.3 cm³/mol. The second-order valence-electron chi connectivity index (χ2n) is 3.98. The molecule has 0 radical (unpaired) electrons. The lowest BCUT2D eigenvalue weighted by atomic mass is 10.1. The van der Waals surface area contributed by atoms with Crippen LogP contribution in [0, 0.1) is 0 Å². The van der Waals surface area contributed by atoms with Crippen molar-refractivity contribution in [2.75, 3.05) is 13.2 Å². The molecule has 0 saturated carbocycles. The number of unbranched alkanes of at least 4 members (excludes halogenated alkanes) is 2. The minimum atomic E-state index is 0.0425. The average Bonchev–Trinajstić information content (AvgIpc) is 2.32. The zero-order valence-corrected chi connectivity index (χ0v) is 10.7. The minimum absolute atomic E-state index is 0.0425. The molecular formula is C13H19NO2S. The Hall–Kier alpha value is -1.00. The van der Waals surface area contributed by atoms with Gasteiger partial charge in [0.05, 0.1) is 6.42 Å². The largest absolute Gasteiger partial charge is 0.396 e. The Kier molecular flexibility index (Phi) is 6.74. The summed E-state index contributed by atoms with van der Waals surface area (Å²) in [6, 6.07) is 7.58. The highest BCUT2D eigenvalue weighted by Gasteiger charge is 2.02. The predicted octanol–water partition coefficient (Wildman–Crippen LogP) is 1.80. The maximum absolute atomic E-state index is 11.6. The van der Waals surface area contributed by atoms with E-state index in [0.717, 1.165) is 29.7 Å². The van der Waals surface area contributed by atoms with Gasteiger partial charge in [-0.1, -0.05) is 12.1 Å². The normalized spacial score (nSPS) is 10.2. The van der Waals surface area contributed by atoms with Gasteiger partial charge in [0.15, 0.2) is 0 Å². The van der Waals surface area contributed by atoms with Gasteiger partial charge in [-0.05, 0) is 37.0 Å². The number of amides is 1. The molecule has 0 bridgehead atoms. The Labute approximate surface area is 108 Å². The topological polar surface area (TPSA) is 49.3 Å². The first-order chi connectivity index (χ1) is 8.22. The van der Waals surface area contributed by atoms with Crippen molar-refractivity contribution >= 4 is 18.5 Å². The number of benzene rings is 1. The number of hydrogen-bond donors (Lipinski definition) is 3. The van der Waals surface area contributed by atoms with Crippen molar-refractivity contribution in [3.8, 4) is 0 Å². The molecule has 3 nitrogen and oxygen atoms in total. The number of carbonyl (C=O) groups is 1. The van der Waals surface area contributed by atoms with E-state index in [1.807, 2.05) is 24.3 Å². The molecule has 0 atom stereocenters. The molecule has 0 heterocycles. The Morgan fingerprint density at radius 3 is 2.53 bits per heavy atom. The average molecular weight is 253 g/mol. The molecule has 0 aliphatic carbocycles. The minimum Gasteiger partial charge on any atom is -0.396 e. The highest BCUT2D eigenvalue weighted by atomic mass is 32.1. The smallest absolute Gasteiger partial charge is 0.224 e. The molecule has 94 valence electrons. The number of rotatable bonds is 7. The van der Waals surface area contributed by atoms with Crippen molar-refractivity contribution in [2.24, 2.45) is 0 Å². The fourth-order valence-electron chi connectivity index (χ4n) is 1.50. The molecule has 0 aliphatic heterocycles. The van der Waals surface area contributed by atoms with Gasteiger partial charge in [-0.15, -0.1) is 12.6 Å². The summed E-state index contributed by atoms with van der Waals surface area (Å²) in [5.74, 6) is 0.0425. The van der Waals surface area contributed by atoms with Gasteiger partial charge in [-0.2, -0.15) is 0 Å². The van der Waals surface area contributed by atoms with Gasteiger partial charge in [-0.3, -0.25) is 4.79 Å². The van der Waals surface area contributed by atoms with Crippen LogP contribution in [0.4, 0.5) is 0 Å². The standard InChI is InChI=1S/C13H19NO2S/c15-9-3-1-2-8-14-13(16)10-11-4-6-12(17)7-5-11/h4-7,15,17H,1-3,8-10H2,(H,14,16). The molecule has 0 fully saturated rings. The van der Waals surface area contributed by atoms with E-state index < -0.39 is 0 Å². The molecule has 1 rings (SSSR count). The number of aliphatic hydroxyl groups is 1. The fourth-order valence-corrected chi connectivity index (χ4v) is 1.65. The van der Waals surface area contributed by atoms with Crippen LogP contribution in [0.1, 0.15) is 24.8 Å². The maximum atomic E-state index is 11.6. The Morgan fingerprint density at radius 2 is 1.88 bits per heavy atom. The van der Waals surface area contributed by atoms with Crippen LogP contribution in [0.2, 0.25) is 0 Å². The third-order valence-corrected chi connectivity index (χ3v) is 2.76. The van der Waals surface area contributed by atoms with Crippen LogP contribution in [0.15, 0.2) is 29.2 Å². The van der Waals surface area contributed by atoms with Crippen LogP contribution in [0.25, 0.3) is 0 Å². The molecule has 0 aromatic heterocycles. The molecular weight excluding hydrogens is 234 g/mol. The molecule has 1 aromatic rings. The fraction of sp³-hybridized carbons (Fsp3) is 0.462. The van der Waals surface area contributed by atoms with Crippen LogP contribution in [0.3, 0.4) is 0 Å². The van der Waals surface area contributed by atoms with E-state index in [-0.39, 0.29) is 12.5 Å². The Bertz CT molecular complexity index is 338. The first-order valence-electron chi connectivity index (χ1n) is 5.88. The lowest BCUT2D eigenvalue weighted by Gasteiger charge is -2.05. The number of aliphatic hydroxyl groups excluding tert-OH is 1. The van der Waals surface area contributed by atoms with Gasteiger partial charge in [0.1, 0.15) is 0 Å². The monoisotopic (exact) mass is 253 g/mol. The summed E-state index contributed by atoms with van der Waals surface area (Å²) in [7, 11) is 0. The van der Waals surface area contributed by atoms with Gasteiger partial charge in [0, 0.05) is 18.0 Å². The van der Waals surface area contributed by atoms with Gasteiger partial charge >= 0.3 is 0 Å². The SMILES string of the molecule is O=C(Cc1ccc(S)cc1)NCCCCCO. The summed E-state index contributed by atoms with van der Waals surface area (Å²) in [5.41, 5.74) is 0.996. The van der Waals surface area contributed by atoms with Crippen LogP contribution in [-0.2, 0) is 11.2 Å². The molecule has 4 heteroatoms. The molecule has 0 aliphatic rings. The van der Waals surface area contributed by atoms with E-state index in [1.54, 1.807) is 0 Å². The van der Waals surface area contributed by atoms with E-state index in [9.17, 15) is 4.79 Å². The summed E-state index contributed by atoms with van der Waals surface area (Å²) in [6.07, 6.45) is 3.08. The third kappa shape index (κ3) is 6.34. The number of carbonyl (C=O) groups excluding carboxylic acids is 1. The van der Waals surface area contributed by atoms with Crippen LogP contribution in [-0.4, -0.2) is 24.2 Å². The van der Waals surface area contributed by atoms with Crippen molar-refractivity contribution in [1.82, 2.24) is 5.32 Å². The molecule has 17 heavy (non-hydrogen) atoms. The van der Waals surface area contributed by atoms with Crippen LogP contribution < -0.4 is 5.32 Å². The third-order valence-electron chi connectivity index (χ3n) is 2.46. The van der Waals surface area contributed by atoms with Gasteiger partial charge in [0.25, 0.3) is 0 Å². The first kappa shape index (κ1) is 14.1. The highest BCUT2D eigenvalue weighted by Crippen LogP contribution is 2.08. The molecule has 0 saturated heterocycles. The van der Waals surface area contributed by atoms with E-state index in [1.165, 1.54) is 0 Å². The zero-order valence-electron chi connectivity index (χ0n) is 9.85. The zero-order chi connectivity index (χ0) is 12.5. The molecule has 0 unspecified atom stereocenters. The summed E-state index contributed by atoms with van der Waals surface area (Å²) in [4.78, 5) is 12.5. The summed E-state index contributed by atoms with van der Waals surface area (Å²) >= 11 is 4.19. The van der Waals surface area contributed by atoms with Crippen LogP contribution in [0.5, 0.6) is 0 Å². The van der Waals surface area contributed by atoms with Gasteiger partial charge in [-0.25, -0.2) is 0 Å². The van der Waals surface area contributed by atoms with E-state index in [0.29, 0.717) is 13.0 Å². The van der Waals surface area contributed by atoms with E-state index in [4.69, 9.17) is 5.11 Å². The highest BCUT2D eigenvalue weighted by molar-refractivity contribution is 7.80. The summed E-state index contributed by atoms with van der Waals surface area (Å²) < 4.78 is 0. The van der Waals surface area contributed by atoms with Gasteiger partial charge < -0.3 is 10.4 Å². The number of nitrogens with one attached hydrogen (secondary N) is 1. The molecule has 1 amide bonds. The van der Waals surface area contributed by atoms with Crippen molar-refractivity contribution in [3.05, 3.63) is 29.8 Å². The lowest BCUT2D eigenvalue weighted by molar-refractivity contribution is -0.120. The van der Waals surface area contributed by atoms with Crippen molar-refractivity contribution < 1.29 is 9.90 Å². The van der Waals surface area contributed by atoms with Crippen molar-refractivity contribution in [1.29, 1.82) is 0 Å². The number of thiol groups is 1. The van der Waals surface area contributed by atoms with E-state index >= 15 is 0 Å².